The largest absolute Gasteiger partial charge is 0.392 e. The molecule has 0 heterocycles. The minimum Gasteiger partial charge on any atom is -0.392 e. The number of carbonyl (C=O) groups is 1. The summed E-state index contributed by atoms with van der Waals surface area (Å²) in [5, 5.41) is 0. The summed E-state index contributed by atoms with van der Waals surface area (Å²) in [5.74, 6) is -0.527. The van der Waals surface area contributed by atoms with Crippen molar-refractivity contribution in [2.24, 2.45) is 5.73 Å². The lowest BCUT2D eigenvalue weighted by Gasteiger charge is -2.30. The Balaban J connectivity index is 3.06. The maximum atomic E-state index is 12.7. The van der Waals surface area contributed by atoms with Crippen molar-refractivity contribution in [3.05, 3.63) is 35.9 Å². The molecule has 0 aliphatic carbocycles. The lowest BCUT2D eigenvalue weighted by molar-refractivity contribution is -0.132. The van der Waals surface area contributed by atoms with E-state index in [9.17, 15) is 4.79 Å². The maximum absolute atomic E-state index is 12.7. The van der Waals surface area contributed by atoms with Gasteiger partial charge in [0.05, 0.1) is 4.99 Å². The number of nitrogens with two attached hydrogens (primary N) is 1. The number of hydrogen-bond donors (Lipinski definition) is 1. The van der Waals surface area contributed by atoms with Gasteiger partial charge in [-0.25, -0.2) is 0 Å². The van der Waals surface area contributed by atoms with Crippen molar-refractivity contribution < 1.29 is 4.79 Å². The van der Waals surface area contributed by atoms with Crippen molar-refractivity contribution in [3.63, 3.8) is 0 Å². The minimum atomic E-state index is -0.523. The summed E-state index contributed by atoms with van der Waals surface area (Å²) in [5.41, 5.74) is 6.65. The highest BCUT2D eigenvalue weighted by molar-refractivity contribution is 7.80. The van der Waals surface area contributed by atoms with Gasteiger partial charge in [0.25, 0.3) is 0 Å². The van der Waals surface area contributed by atoms with Crippen LogP contribution >= 0.6 is 12.2 Å². The van der Waals surface area contributed by atoms with Crippen molar-refractivity contribution in [2.75, 3.05) is 6.54 Å². The molecule has 1 unspecified atom stereocenters. The van der Waals surface area contributed by atoms with E-state index >= 15 is 0 Å². The van der Waals surface area contributed by atoms with E-state index in [4.69, 9.17) is 18.0 Å². The SMILES string of the molecule is CCCN(C(=O)C(C(N)=S)c1ccccc1)C(C)C. The van der Waals surface area contributed by atoms with E-state index in [1.54, 1.807) is 0 Å². The maximum Gasteiger partial charge on any atom is 0.237 e. The van der Waals surface area contributed by atoms with Crippen LogP contribution in [0.2, 0.25) is 0 Å². The fourth-order valence-electron chi connectivity index (χ4n) is 2.10. The molecule has 2 N–H and O–H groups in total. The Labute approximate surface area is 120 Å². The van der Waals surface area contributed by atoms with Crippen molar-refractivity contribution in [3.8, 4) is 0 Å². The highest BCUT2D eigenvalue weighted by atomic mass is 32.1. The van der Waals surface area contributed by atoms with Crippen LogP contribution in [-0.2, 0) is 4.79 Å². The predicted molar refractivity (Wildman–Crippen MR) is 83.1 cm³/mol. The van der Waals surface area contributed by atoms with Gasteiger partial charge in [-0.1, -0.05) is 49.5 Å². The number of amides is 1. The molecule has 0 spiro atoms. The van der Waals surface area contributed by atoms with Crippen LogP contribution in [0, 0.1) is 0 Å². The molecular formula is C15H22N2OS. The number of hydrogen-bond acceptors (Lipinski definition) is 2. The molecule has 0 fully saturated rings. The van der Waals surface area contributed by atoms with Crippen LogP contribution in [0.4, 0.5) is 0 Å². The lowest BCUT2D eigenvalue weighted by atomic mass is 9.97. The standard InChI is InChI=1S/C15H22N2OS/c1-4-10-17(11(2)3)15(18)13(14(16)19)12-8-6-5-7-9-12/h5-9,11,13H,4,10H2,1-3H3,(H2,16,19). The Morgan fingerprint density at radius 3 is 2.32 bits per heavy atom. The van der Waals surface area contributed by atoms with E-state index in [0.29, 0.717) is 0 Å². The van der Waals surface area contributed by atoms with Gasteiger partial charge in [0.2, 0.25) is 5.91 Å². The van der Waals surface area contributed by atoms with E-state index in [2.05, 4.69) is 6.92 Å². The summed E-state index contributed by atoms with van der Waals surface area (Å²) in [7, 11) is 0. The number of nitrogens with zero attached hydrogens (tertiary/aromatic N) is 1. The van der Waals surface area contributed by atoms with E-state index in [1.807, 2.05) is 49.1 Å². The molecule has 19 heavy (non-hydrogen) atoms. The molecule has 0 saturated heterocycles. The van der Waals surface area contributed by atoms with Gasteiger partial charge in [-0.2, -0.15) is 0 Å². The second kappa shape index (κ2) is 7.24. The van der Waals surface area contributed by atoms with Crippen LogP contribution < -0.4 is 5.73 Å². The van der Waals surface area contributed by atoms with Gasteiger partial charge >= 0.3 is 0 Å². The molecule has 0 aromatic heterocycles. The van der Waals surface area contributed by atoms with Crippen molar-refractivity contribution in [2.45, 2.75) is 39.2 Å². The zero-order chi connectivity index (χ0) is 14.4. The molecule has 1 aromatic rings. The normalized spacial score (nSPS) is 12.2. The summed E-state index contributed by atoms with van der Waals surface area (Å²) in [6.07, 6.45) is 0.919. The molecule has 1 aromatic carbocycles. The Kier molecular flexibility index (Phi) is 5.96. The number of thiocarbonyl (C=S) groups is 1. The van der Waals surface area contributed by atoms with E-state index in [1.165, 1.54) is 0 Å². The van der Waals surface area contributed by atoms with Crippen LogP contribution in [-0.4, -0.2) is 28.4 Å². The molecule has 1 atom stereocenters. The van der Waals surface area contributed by atoms with Crippen LogP contribution in [0.5, 0.6) is 0 Å². The fourth-order valence-corrected chi connectivity index (χ4v) is 2.34. The van der Waals surface area contributed by atoms with Gasteiger partial charge in [-0.05, 0) is 25.8 Å². The van der Waals surface area contributed by atoms with Crippen LogP contribution in [0.15, 0.2) is 30.3 Å². The Hall–Kier alpha value is -1.42. The molecule has 0 saturated carbocycles. The number of carbonyl (C=O) groups excluding carboxylic acids is 1. The average molecular weight is 278 g/mol. The Morgan fingerprint density at radius 1 is 1.32 bits per heavy atom. The topological polar surface area (TPSA) is 46.3 Å². The molecule has 0 bridgehead atoms. The molecular weight excluding hydrogens is 256 g/mol. The van der Waals surface area contributed by atoms with Gasteiger partial charge in [0, 0.05) is 12.6 Å². The third kappa shape index (κ3) is 4.03. The van der Waals surface area contributed by atoms with Gasteiger partial charge in [-0.3, -0.25) is 4.79 Å². The highest BCUT2D eigenvalue weighted by Crippen LogP contribution is 2.20. The first kappa shape index (κ1) is 15.6. The Bertz CT molecular complexity index is 431. The molecule has 0 aliphatic rings. The van der Waals surface area contributed by atoms with Crippen molar-refractivity contribution >= 4 is 23.1 Å². The quantitative estimate of drug-likeness (QED) is 0.814. The van der Waals surface area contributed by atoms with E-state index in [-0.39, 0.29) is 16.9 Å². The third-order valence-corrected chi connectivity index (χ3v) is 3.27. The summed E-state index contributed by atoms with van der Waals surface area (Å²) >= 11 is 5.10. The second-order valence-corrected chi connectivity index (χ2v) is 5.34. The molecule has 104 valence electrons. The van der Waals surface area contributed by atoms with Crippen molar-refractivity contribution in [1.29, 1.82) is 0 Å². The Morgan fingerprint density at radius 2 is 1.89 bits per heavy atom. The zero-order valence-corrected chi connectivity index (χ0v) is 12.6. The lowest BCUT2D eigenvalue weighted by Crippen LogP contribution is -2.43. The van der Waals surface area contributed by atoms with Crippen LogP contribution in [0.3, 0.4) is 0 Å². The summed E-state index contributed by atoms with van der Waals surface area (Å²) in [6.45, 7) is 6.80. The third-order valence-electron chi connectivity index (χ3n) is 3.04. The minimum absolute atomic E-state index is 0.00412. The molecule has 1 rings (SSSR count). The van der Waals surface area contributed by atoms with Crippen molar-refractivity contribution in [1.82, 2.24) is 4.90 Å². The monoisotopic (exact) mass is 278 g/mol. The summed E-state index contributed by atoms with van der Waals surface area (Å²) in [4.78, 5) is 14.8. The average Bonchev–Trinajstić information content (AvgIpc) is 2.36. The fraction of sp³-hybridized carbons (Fsp3) is 0.467. The highest BCUT2D eigenvalue weighted by Gasteiger charge is 2.29. The summed E-state index contributed by atoms with van der Waals surface area (Å²) in [6, 6.07) is 9.64. The first-order chi connectivity index (χ1) is 8.99. The van der Waals surface area contributed by atoms with Gasteiger partial charge in [0.15, 0.2) is 0 Å². The van der Waals surface area contributed by atoms with Gasteiger partial charge in [0.1, 0.15) is 5.92 Å². The zero-order valence-electron chi connectivity index (χ0n) is 11.8. The summed E-state index contributed by atoms with van der Waals surface area (Å²) < 4.78 is 0. The predicted octanol–water partition coefficient (Wildman–Crippen LogP) is 2.70. The molecule has 0 radical (unpaired) electrons. The molecule has 3 nitrogen and oxygen atoms in total. The van der Waals surface area contributed by atoms with Crippen LogP contribution in [0.1, 0.15) is 38.7 Å². The smallest absolute Gasteiger partial charge is 0.237 e. The number of rotatable bonds is 6. The second-order valence-electron chi connectivity index (χ2n) is 4.87. The van der Waals surface area contributed by atoms with E-state index in [0.717, 1.165) is 18.5 Å². The van der Waals surface area contributed by atoms with Gasteiger partial charge in [-0.15, -0.1) is 0 Å². The van der Waals surface area contributed by atoms with E-state index < -0.39 is 5.92 Å². The molecule has 4 heteroatoms. The molecule has 0 aliphatic heterocycles. The first-order valence-electron chi connectivity index (χ1n) is 6.63. The first-order valence-corrected chi connectivity index (χ1v) is 7.04. The number of benzene rings is 1. The van der Waals surface area contributed by atoms with Crippen LogP contribution in [0.25, 0.3) is 0 Å². The van der Waals surface area contributed by atoms with Gasteiger partial charge < -0.3 is 10.6 Å². The molecule has 1 amide bonds.